The van der Waals surface area contributed by atoms with Gasteiger partial charge in [-0.15, -0.1) is 0 Å². The average Bonchev–Trinajstić information content (AvgIpc) is 3.56. The highest BCUT2D eigenvalue weighted by Gasteiger charge is 2.27. The van der Waals surface area contributed by atoms with Gasteiger partial charge in [0.25, 0.3) is 0 Å². The zero-order chi connectivity index (χ0) is 24.1. The Morgan fingerprint density at radius 3 is 2.44 bits per heavy atom. The Morgan fingerprint density at radius 1 is 1.06 bits per heavy atom. The van der Waals surface area contributed by atoms with Gasteiger partial charge in [-0.2, -0.15) is 9.29 Å². The molecular weight excluding hydrogens is 460 g/mol. The summed E-state index contributed by atoms with van der Waals surface area (Å²) in [5.41, 5.74) is 1.21. The van der Waals surface area contributed by atoms with Crippen LogP contribution in [-0.4, -0.2) is 56.1 Å². The fourth-order valence-corrected chi connectivity index (χ4v) is 5.20. The third kappa shape index (κ3) is 5.20. The molecule has 2 heterocycles. The molecule has 1 aliphatic heterocycles. The summed E-state index contributed by atoms with van der Waals surface area (Å²) in [5, 5.41) is 6.73. The van der Waals surface area contributed by atoms with Gasteiger partial charge < -0.3 is 19.3 Å². The van der Waals surface area contributed by atoms with Crippen LogP contribution >= 0.6 is 0 Å². The molecule has 1 aromatic heterocycles. The second-order valence-electron chi connectivity index (χ2n) is 7.77. The summed E-state index contributed by atoms with van der Waals surface area (Å²) in [7, 11) is -0.382. The Kier molecular flexibility index (Phi) is 7.13. The predicted octanol–water partition coefficient (Wildman–Crippen LogP) is 3.11. The minimum Gasteiger partial charge on any atom is -0.493 e. The zero-order valence-corrected chi connectivity index (χ0v) is 19.8. The molecule has 0 radical (unpaired) electrons. The first-order valence-electron chi connectivity index (χ1n) is 10.9. The van der Waals surface area contributed by atoms with E-state index in [9.17, 15) is 13.2 Å². The van der Waals surface area contributed by atoms with Gasteiger partial charge in [0.15, 0.2) is 11.5 Å². The number of amides is 1. The van der Waals surface area contributed by atoms with Crippen LogP contribution < -0.4 is 14.8 Å². The number of anilines is 1. The topological polar surface area (TPSA) is 124 Å². The van der Waals surface area contributed by atoms with E-state index in [0.717, 1.165) is 12.8 Å². The fraction of sp³-hybridized carbons (Fsp3) is 0.348. The lowest BCUT2D eigenvalue weighted by molar-refractivity contribution is -0.116. The van der Waals surface area contributed by atoms with E-state index in [1.54, 1.807) is 44.6 Å². The number of methoxy groups -OCH3 is 2. The molecule has 10 nitrogen and oxygen atoms in total. The molecule has 180 valence electrons. The summed E-state index contributed by atoms with van der Waals surface area (Å²) in [6.07, 6.45) is 2.14. The Labute approximate surface area is 197 Å². The van der Waals surface area contributed by atoms with Gasteiger partial charge in [0.05, 0.1) is 19.1 Å². The van der Waals surface area contributed by atoms with Crippen LogP contribution in [-0.2, 0) is 21.2 Å². The van der Waals surface area contributed by atoms with Gasteiger partial charge in [-0.05, 0) is 55.3 Å². The van der Waals surface area contributed by atoms with Crippen molar-refractivity contribution in [2.75, 3.05) is 32.6 Å². The second-order valence-corrected chi connectivity index (χ2v) is 9.70. The Balaban J connectivity index is 1.33. The first-order chi connectivity index (χ1) is 16.4. The quantitative estimate of drug-likeness (QED) is 0.489. The van der Waals surface area contributed by atoms with Crippen LogP contribution in [0.3, 0.4) is 0 Å². The maximum absolute atomic E-state index is 12.6. The number of carbonyl (C=O) groups is 1. The number of nitrogens with one attached hydrogen (secondary N) is 1. The highest BCUT2D eigenvalue weighted by Crippen LogP contribution is 2.31. The number of hydrogen-bond donors (Lipinski definition) is 1. The maximum atomic E-state index is 12.6. The number of benzene rings is 2. The smallest absolute Gasteiger partial charge is 0.243 e. The van der Waals surface area contributed by atoms with Gasteiger partial charge in [-0.3, -0.25) is 4.79 Å². The number of sulfonamides is 1. The summed E-state index contributed by atoms with van der Waals surface area (Å²) < 4.78 is 42.5. The van der Waals surface area contributed by atoms with E-state index in [4.69, 9.17) is 14.0 Å². The van der Waals surface area contributed by atoms with E-state index >= 15 is 0 Å². The van der Waals surface area contributed by atoms with Crippen LogP contribution in [0.2, 0.25) is 0 Å². The molecule has 0 spiro atoms. The Hall–Kier alpha value is -3.44. The number of ether oxygens (including phenoxy) is 2. The van der Waals surface area contributed by atoms with Gasteiger partial charge >= 0.3 is 0 Å². The summed E-state index contributed by atoms with van der Waals surface area (Å²) in [5.74, 6) is 1.59. The first kappa shape index (κ1) is 23.7. The van der Waals surface area contributed by atoms with Crippen molar-refractivity contribution in [3.05, 3.63) is 48.4 Å². The predicted molar refractivity (Wildman–Crippen MR) is 124 cm³/mol. The third-order valence-corrected chi connectivity index (χ3v) is 7.43. The molecule has 4 rings (SSSR count). The lowest BCUT2D eigenvalue weighted by Gasteiger charge is -2.15. The van der Waals surface area contributed by atoms with Crippen molar-refractivity contribution in [3.63, 3.8) is 0 Å². The minimum absolute atomic E-state index is 0.126. The van der Waals surface area contributed by atoms with E-state index < -0.39 is 10.0 Å². The number of aryl methyl sites for hydroxylation is 1. The van der Waals surface area contributed by atoms with E-state index in [2.05, 4.69) is 15.5 Å². The van der Waals surface area contributed by atoms with Crippen molar-refractivity contribution in [1.82, 2.24) is 14.4 Å². The summed E-state index contributed by atoms with van der Waals surface area (Å²) in [6, 6.07) is 11.5. The standard InChI is InChI=1S/C23H26N4O6S/c1-31-19-10-5-16(15-20(19)32-2)23-25-22(33-26-23)12-11-21(28)24-17-6-8-18(9-7-17)34(29,30)27-13-3-4-14-27/h5-10,15H,3-4,11-14H2,1-2H3,(H,24,28). The van der Waals surface area contributed by atoms with Crippen LogP contribution in [0.25, 0.3) is 11.4 Å². The zero-order valence-electron chi connectivity index (χ0n) is 19.0. The van der Waals surface area contributed by atoms with E-state index in [1.807, 2.05) is 0 Å². The number of carbonyl (C=O) groups excluding carboxylic acids is 1. The summed E-state index contributed by atoms with van der Waals surface area (Å²) >= 11 is 0. The van der Waals surface area contributed by atoms with Crippen molar-refractivity contribution < 1.29 is 27.2 Å². The van der Waals surface area contributed by atoms with Crippen molar-refractivity contribution in [1.29, 1.82) is 0 Å². The number of nitrogens with zero attached hydrogens (tertiary/aromatic N) is 3. The van der Waals surface area contributed by atoms with Gasteiger partial charge in [0.1, 0.15) is 0 Å². The van der Waals surface area contributed by atoms with Crippen LogP contribution in [0.5, 0.6) is 11.5 Å². The maximum Gasteiger partial charge on any atom is 0.243 e. The number of aromatic nitrogens is 2. The lowest BCUT2D eigenvalue weighted by Crippen LogP contribution is -2.27. The number of hydrogen-bond acceptors (Lipinski definition) is 8. The summed E-state index contributed by atoms with van der Waals surface area (Å²) in [4.78, 5) is 16.9. The van der Waals surface area contributed by atoms with E-state index in [-0.39, 0.29) is 23.6 Å². The molecule has 3 aromatic rings. The third-order valence-electron chi connectivity index (χ3n) is 5.52. The SMILES string of the molecule is COc1ccc(-c2noc(CCC(=O)Nc3ccc(S(=O)(=O)N4CCCC4)cc3)n2)cc1OC. The molecule has 2 aromatic carbocycles. The van der Waals surface area contributed by atoms with Crippen molar-refractivity contribution >= 4 is 21.6 Å². The average molecular weight is 487 g/mol. The largest absolute Gasteiger partial charge is 0.493 e. The van der Waals surface area contributed by atoms with Crippen LogP contribution in [0.15, 0.2) is 51.9 Å². The Morgan fingerprint density at radius 2 is 1.76 bits per heavy atom. The summed E-state index contributed by atoms with van der Waals surface area (Å²) in [6.45, 7) is 1.09. The molecule has 1 aliphatic rings. The molecule has 11 heteroatoms. The number of rotatable bonds is 9. The molecule has 34 heavy (non-hydrogen) atoms. The molecule has 0 atom stereocenters. The molecule has 1 saturated heterocycles. The highest BCUT2D eigenvalue weighted by molar-refractivity contribution is 7.89. The lowest BCUT2D eigenvalue weighted by atomic mass is 10.2. The molecule has 0 aliphatic carbocycles. The Bertz CT molecular complexity index is 1250. The van der Waals surface area contributed by atoms with Crippen LogP contribution in [0, 0.1) is 0 Å². The fourth-order valence-electron chi connectivity index (χ4n) is 3.68. The molecule has 1 N–H and O–H groups in total. The van der Waals surface area contributed by atoms with Crippen LogP contribution in [0.1, 0.15) is 25.2 Å². The monoisotopic (exact) mass is 486 g/mol. The van der Waals surface area contributed by atoms with Crippen LogP contribution in [0.4, 0.5) is 5.69 Å². The molecule has 0 bridgehead atoms. The van der Waals surface area contributed by atoms with Crippen molar-refractivity contribution in [2.24, 2.45) is 0 Å². The second kappa shape index (κ2) is 10.2. The molecule has 0 saturated carbocycles. The molecular formula is C23H26N4O6S. The van der Waals surface area contributed by atoms with E-state index in [0.29, 0.717) is 47.6 Å². The molecule has 0 unspecified atom stereocenters. The van der Waals surface area contributed by atoms with Crippen molar-refractivity contribution in [3.8, 4) is 22.9 Å². The minimum atomic E-state index is -3.48. The van der Waals surface area contributed by atoms with Gasteiger partial charge in [0.2, 0.25) is 27.6 Å². The van der Waals surface area contributed by atoms with Gasteiger partial charge in [0, 0.05) is 37.2 Å². The normalized spacial score (nSPS) is 14.2. The molecule has 1 fully saturated rings. The van der Waals surface area contributed by atoms with Gasteiger partial charge in [-0.25, -0.2) is 8.42 Å². The first-order valence-corrected chi connectivity index (χ1v) is 12.3. The molecule has 1 amide bonds. The van der Waals surface area contributed by atoms with E-state index in [1.165, 1.54) is 16.4 Å². The highest BCUT2D eigenvalue weighted by atomic mass is 32.2. The van der Waals surface area contributed by atoms with Crippen molar-refractivity contribution in [2.45, 2.75) is 30.6 Å². The van der Waals surface area contributed by atoms with Gasteiger partial charge in [-0.1, -0.05) is 5.16 Å².